The largest absolute Gasteiger partial charge is 0.329 e. The number of hydrogen-bond donors (Lipinski definition) is 3. The molecule has 0 aliphatic carbocycles. The lowest BCUT2D eigenvalue weighted by atomic mass is 9.95. The number of halogens is 1. The van der Waals surface area contributed by atoms with Crippen LogP contribution in [-0.2, 0) is 14.8 Å². The normalized spacial score (nSPS) is 12.3. The first kappa shape index (κ1) is 23.9. The molecule has 4 N–H and O–H groups in total. The van der Waals surface area contributed by atoms with Gasteiger partial charge in [-0.15, -0.1) is 12.4 Å². The van der Waals surface area contributed by atoms with E-state index in [4.69, 9.17) is 5.73 Å². The SMILES string of the molecule is CCCCC(CC)CC(=O)Nc1cccc(S(=O)(=O)NCCN)c1.Cl. The number of carbonyl (C=O) groups excluding carboxylic acids is 1. The predicted octanol–water partition coefficient (Wildman–Crippen LogP) is 2.89. The van der Waals surface area contributed by atoms with E-state index in [1.54, 1.807) is 12.1 Å². The number of benzene rings is 1. The fraction of sp³-hybridized carbons (Fsp3) is 0.588. The molecule has 6 nitrogen and oxygen atoms in total. The third-order valence-electron chi connectivity index (χ3n) is 3.88. The van der Waals surface area contributed by atoms with Crippen LogP contribution in [0.1, 0.15) is 46.0 Å². The summed E-state index contributed by atoms with van der Waals surface area (Å²) in [5.41, 5.74) is 5.81. The van der Waals surface area contributed by atoms with Crippen molar-refractivity contribution in [3.63, 3.8) is 0 Å². The number of sulfonamides is 1. The Bertz CT molecular complexity index is 623. The summed E-state index contributed by atoms with van der Waals surface area (Å²) >= 11 is 0. The Hall–Kier alpha value is -1.15. The molecule has 1 unspecified atom stereocenters. The van der Waals surface area contributed by atoms with Crippen LogP contribution < -0.4 is 15.8 Å². The van der Waals surface area contributed by atoms with Crippen LogP contribution in [0.4, 0.5) is 5.69 Å². The van der Waals surface area contributed by atoms with E-state index < -0.39 is 10.0 Å². The van der Waals surface area contributed by atoms with Crippen LogP contribution in [0.15, 0.2) is 29.2 Å². The second kappa shape index (κ2) is 12.2. The molecule has 0 fully saturated rings. The Morgan fingerprint density at radius 2 is 2.00 bits per heavy atom. The van der Waals surface area contributed by atoms with Crippen molar-refractivity contribution < 1.29 is 13.2 Å². The minimum atomic E-state index is -3.60. The summed E-state index contributed by atoms with van der Waals surface area (Å²) in [7, 11) is -3.60. The first-order valence-electron chi connectivity index (χ1n) is 8.52. The summed E-state index contributed by atoms with van der Waals surface area (Å²) in [6.45, 7) is 4.63. The summed E-state index contributed by atoms with van der Waals surface area (Å²) in [5.74, 6) is 0.283. The van der Waals surface area contributed by atoms with Crippen molar-refractivity contribution in [3.8, 4) is 0 Å². The van der Waals surface area contributed by atoms with E-state index in [1.807, 2.05) is 0 Å². The second-order valence-electron chi connectivity index (χ2n) is 5.88. The van der Waals surface area contributed by atoms with Gasteiger partial charge in [-0.1, -0.05) is 39.2 Å². The Labute approximate surface area is 157 Å². The third-order valence-corrected chi connectivity index (χ3v) is 5.34. The van der Waals surface area contributed by atoms with E-state index in [9.17, 15) is 13.2 Å². The zero-order chi connectivity index (χ0) is 18.0. The highest BCUT2D eigenvalue weighted by molar-refractivity contribution is 7.89. The number of hydrogen-bond acceptors (Lipinski definition) is 4. The Morgan fingerprint density at radius 1 is 1.28 bits per heavy atom. The van der Waals surface area contributed by atoms with Crippen LogP contribution in [0, 0.1) is 5.92 Å². The monoisotopic (exact) mass is 391 g/mol. The van der Waals surface area contributed by atoms with Gasteiger partial charge in [-0.05, 0) is 30.5 Å². The Balaban J connectivity index is 0.00000576. The average molecular weight is 392 g/mol. The van der Waals surface area contributed by atoms with Gasteiger partial charge in [0.25, 0.3) is 0 Å². The van der Waals surface area contributed by atoms with Crippen molar-refractivity contribution in [1.29, 1.82) is 0 Å². The molecular formula is C17H30ClN3O3S. The lowest BCUT2D eigenvalue weighted by molar-refractivity contribution is -0.117. The van der Waals surface area contributed by atoms with Crippen LogP contribution >= 0.6 is 12.4 Å². The molecule has 0 radical (unpaired) electrons. The standard InChI is InChI=1S/C17H29N3O3S.ClH/c1-3-5-7-14(4-2)12-17(21)20-15-8-6-9-16(13-15)24(22,23)19-11-10-18;/h6,8-9,13-14,19H,3-5,7,10-12,18H2,1-2H3,(H,20,21);1H. The number of unbranched alkanes of at least 4 members (excludes halogenated alkanes) is 1. The zero-order valence-electron chi connectivity index (χ0n) is 15.0. The highest BCUT2D eigenvalue weighted by Crippen LogP contribution is 2.19. The van der Waals surface area contributed by atoms with E-state index in [1.165, 1.54) is 12.1 Å². The predicted molar refractivity (Wildman–Crippen MR) is 104 cm³/mol. The summed E-state index contributed by atoms with van der Waals surface area (Å²) in [6, 6.07) is 6.25. The highest BCUT2D eigenvalue weighted by Gasteiger charge is 2.15. The summed E-state index contributed by atoms with van der Waals surface area (Å²) < 4.78 is 26.6. The number of nitrogens with two attached hydrogens (primary N) is 1. The quantitative estimate of drug-likeness (QED) is 0.539. The fourth-order valence-electron chi connectivity index (χ4n) is 2.44. The lowest BCUT2D eigenvalue weighted by Crippen LogP contribution is -2.29. The topological polar surface area (TPSA) is 101 Å². The molecule has 0 aliphatic rings. The second-order valence-corrected chi connectivity index (χ2v) is 7.65. The molecular weight excluding hydrogens is 362 g/mol. The van der Waals surface area contributed by atoms with Gasteiger partial charge in [0.15, 0.2) is 0 Å². The van der Waals surface area contributed by atoms with E-state index >= 15 is 0 Å². The molecule has 8 heteroatoms. The van der Waals surface area contributed by atoms with Gasteiger partial charge in [-0.3, -0.25) is 4.79 Å². The van der Waals surface area contributed by atoms with Gasteiger partial charge in [0.1, 0.15) is 0 Å². The maximum absolute atomic E-state index is 12.2. The first-order valence-corrected chi connectivity index (χ1v) is 10.0. The maximum atomic E-state index is 12.2. The van der Waals surface area contributed by atoms with E-state index in [2.05, 4.69) is 23.9 Å². The molecule has 1 amide bonds. The fourth-order valence-corrected chi connectivity index (χ4v) is 3.53. The Morgan fingerprint density at radius 3 is 2.60 bits per heavy atom. The molecule has 0 saturated heterocycles. The van der Waals surface area contributed by atoms with Gasteiger partial charge in [0.05, 0.1) is 4.90 Å². The van der Waals surface area contributed by atoms with Crippen molar-refractivity contribution >= 4 is 34.0 Å². The van der Waals surface area contributed by atoms with E-state index in [-0.39, 0.29) is 36.3 Å². The number of nitrogens with one attached hydrogen (secondary N) is 2. The number of rotatable bonds is 11. The van der Waals surface area contributed by atoms with Crippen LogP contribution in [-0.4, -0.2) is 27.4 Å². The molecule has 0 spiro atoms. The van der Waals surface area contributed by atoms with Gasteiger partial charge in [0, 0.05) is 25.2 Å². The van der Waals surface area contributed by atoms with E-state index in [0.29, 0.717) is 18.0 Å². The lowest BCUT2D eigenvalue weighted by Gasteiger charge is -2.14. The number of amides is 1. The summed E-state index contributed by atoms with van der Waals surface area (Å²) in [4.78, 5) is 12.3. The summed E-state index contributed by atoms with van der Waals surface area (Å²) in [6.07, 6.45) is 4.70. The van der Waals surface area contributed by atoms with Crippen molar-refractivity contribution in [1.82, 2.24) is 4.72 Å². The van der Waals surface area contributed by atoms with Crippen LogP contribution in [0.2, 0.25) is 0 Å². The molecule has 25 heavy (non-hydrogen) atoms. The van der Waals surface area contributed by atoms with Crippen LogP contribution in [0.25, 0.3) is 0 Å². The van der Waals surface area contributed by atoms with Crippen LogP contribution in [0.3, 0.4) is 0 Å². The smallest absolute Gasteiger partial charge is 0.240 e. The van der Waals surface area contributed by atoms with Crippen molar-refractivity contribution in [2.45, 2.75) is 50.8 Å². The van der Waals surface area contributed by atoms with Gasteiger partial charge >= 0.3 is 0 Å². The van der Waals surface area contributed by atoms with Crippen molar-refractivity contribution in [3.05, 3.63) is 24.3 Å². The maximum Gasteiger partial charge on any atom is 0.240 e. The average Bonchev–Trinajstić information content (AvgIpc) is 2.57. The van der Waals surface area contributed by atoms with Crippen molar-refractivity contribution in [2.24, 2.45) is 11.7 Å². The Kier molecular flexibility index (Phi) is 11.7. The molecule has 1 rings (SSSR count). The van der Waals surface area contributed by atoms with Crippen LogP contribution in [0.5, 0.6) is 0 Å². The molecule has 0 heterocycles. The number of anilines is 1. The minimum Gasteiger partial charge on any atom is -0.329 e. The molecule has 1 aromatic carbocycles. The van der Waals surface area contributed by atoms with Gasteiger partial charge in [-0.25, -0.2) is 13.1 Å². The van der Waals surface area contributed by atoms with Gasteiger partial charge < -0.3 is 11.1 Å². The van der Waals surface area contributed by atoms with E-state index in [0.717, 1.165) is 25.7 Å². The van der Waals surface area contributed by atoms with Crippen molar-refractivity contribution in [2.75, 3.05) is 18.4 Å². The first-order chi connectivity index (χ1) is 11.4. The molecule has 0 saturated carbocycles. The molecule has 1 aromatic rings. The van der Waals surface area contributed by atoms with Gasteiger partial charge in [0.2, 0.25) is 15.9 Å². The number of carbonyl (C=O) groups is 1. The molecule has 0 aliphatic heterocycles. The minimum absolute atomic E-state index is 0. The van der Waals surface area contributed by atoms with Gasteiger partial charge in [-0.2, -0.15) is 0 Å². The molecule has 1 atom stereocenters. The third kappa shape index (κ3) is 8.67. The highest BCUT2D eigenvalue weighted by atomic mass is 35.5. The molecule has 0 aromatic heterocycles. The molecule has 0 bridgehead atoms. The summed E-state index contributed by atoms with van der Waals surface area (Å²) in [5, 5.41) is 2.80. The molecule has 144 valence electrons. The zero-order valence-corrected chi connectivity index (χ0v) is 16.6.